The number of carboxylic acids is 1. The first-order valence-corrected chi connectivity index (χ1v) is 10.6. The van der Waals surface area contributed by atoms with Crippen LogP contribution in [-0.2, 0) is 27.2 Å². The molecule has 7 heteroatoms. The molecule has 6 nitrogen and oxygen atoms in total. The number of rotatable bonds is 4. The van der Waals surface area contributed by atoms with Crippen LogP contribution < -0.4 is 5.32 Å². The molecule has 1 aromatic rings. The van der Waals surface area contributed by atoms with Gasteiger partial charge in [-0.15, -0.1) is 11.3 Å². The molecule has 1 amide bonds. The summed E-state index contributed by atoms with van der Waals surface area (Å²) in [6.07, 6.45) is 7.59. The SMILES string of the molecule is COC(=O)c1c(NC(=O)[C@H]2[C@H]3CC[C@@H](C3)[C@H]2C(=O)O)sc2c1CCCCC2. The lowest BCUT2D eigenvalue weighted by Crippen LogP contribution is -2.38. The predicted molar refractivity (Wildman–Crippen MR) is 101 cm³/mol. The number of anilines is 1. The van der Waals surface area contributed by atoms with Gasteiger partial charge in [0.15, 0.2) is 0 Å². The third kappa shape index (κ3) is 3.16. The maximum atomic E-state index is 13.0. The van der Waals surface area contributed by atoms with Gasteiger partial charge < -0.3 is 15.2 Å². The minimum Gasteiger partial charge on any atom is -0.481 e. The third-order valence-electron chi connectivity index (χ3n) is 6.55. The van der Waals surface area contributed by atoms with E-state index in [-0.39, 0.29) is 17.7 Å². The van der Waals surface area contributed by atoms with E-state index in [0.29, 0.717) is 10.6 Å². The number of ether oxygens (including phenoxy) is 1. The molecular formula is C20H25NO5S. The zero-order valence-electron chi connectivity index (χ0n) is 15.5. The monoisotopic (exact) mass is 391 g/mol. The van der Waals surface area contributed by atoms with Crippen LogP contribution in [0.15, 0.2) is 0 Å². The smallest absolute Gasteiger partial charge is 0.341 e. The van der Waals surface area contributed by atoms with E-state index in [4.69, 9.17) is 4.74 Å². The lowest BCUT2D eigenvalue weighted by Gasteiger charge is -2.26. The van der Waals surface area contributed by atoms with E-state index >= 15 is 0 Å². The molecule has 2 N–H and O–H groups in total. The second kappa shape index (κ2) is 7.26. The summed E-state index contributed by atoms with van der Waals surface area (Å²) < 4.78 is 4.98. The Morgan fingerprint density at radius 1 is 1.07 bits per heavy atom. The zero-order valence-corrected chi connectivity index (χ0v) is 16.3. The molecule has 0 saturated heterocycles. The standard InChI is InChI=1S/C20H25NO5S/c1-26-20(25)16-12-5-3-2-4-6-13(12)27-18(16)21-17(22)14-10-7-8-11(9-10)15(14)19(23)24/h10-11,14-15H,2-9H2,1H3,(H,21,22)(H,23,24)/t10-,11-,14-,15+/m0/s1. The van der Waals surface area contributed by atoms with Crippen molar-refractivity contribution in [2.24, 2.45) is 23.7 Å². The fraction of sp³-hybridized carbons (Fsp3) is 0.650. The van der Waals surface area contributed by atoms with E-state index in [1.54, 1.807) is 0 Å². The van der Waals surface area contributed by atoms with Crippen molar-refractivity contribution in [2.45, 2.75) is 51.4 Å². The zero-order chi connectivity index (χ0) is 19.1. The number of thiophene rings is 1. The number of hydrogen-bond donors (Lipinski definition) is 2. The molecule has 2 saturated carbocycles. The van der Waals surface area contributed by atoms with Crippen LogP contribution in [0, 0.1) is 23.7 Å². The summed E-state index contributed by atoms with van der Waals surface area (Å²) in [7, 11) is 1.35. The van der Waals surface area contributed by atoms with Crippen molar-refractivity contribution in [1.82, 2.24) is 0 Å². The average molecular weight is 391 g/mol. The Kier molecular flexibility index (Phi) is 4.97. The third-order valence-corrected chi connectivity index (χ3v) is 7.76. The Hall–Kier alpha value is -1.89. The van der Waals surface area contributed by atoms with Gasteiger partial charge in [0.25, 0.3) is 0 Å². The molecule has 0 aliphatic heterocycles. The van der Waals surface area contributed by atoms with Crippen molar-refractivity contribution in [3.8, 4) is 0 Å². The Morgan fingerprint density at radius 3 is 2.48 bits per heavy atom. The lowest BCUT2D eigenvalue weighted by atomic mass is 9.79. The number of carbonyl (C=O) groups is 3. The minimum atomic E-state index is -0.877. The number of aryl methyl sites for hydroxylation is 1. The van der Waals surface area contributed by atoms with Gasteiger partial charge in [-0.2, -0.15) is 0 Å². The molecule has 146 valence electrons. The quantitative estimate of drug-likeness (QED) is 0.605. The Bertz CT molecular complexity index is 786. The fourth-order valence-electron chi connectivity index (χ4n) is 5.37. The van der Waals surface area contributed by atoms with Crippen LogP contribution in [0.25, 0.3) is 0 Å². The summed E-state index contributed by atoms with van der Waals surface area (Å²) in [6.45, 7) is 0. The van der Waals surface area contributed by atoms with E-state index in [1.165, 1.54) is 18.4 Å². The Labute approximate surface area is 162 Å². The van der Waals surface area contributed by atoms with Gasteiger partial charge in [-0.1, -0.05) is 6.42 Å². The molecular weight excluding hydrogens is 366 g/mol. The molecule has 0 radical (unpaired) electrons. The van der Waals surface area contributed by atoms with Gasteiger partial charge in [-0.05, 0) is 62.3 Å². The van der Waals surface area contributed by atoms with E-state index in [9.17, 15) is 19.5 Å². The highest BCUT2D eigenvalue weighted by atomic mass is 32.1. The number of nitrogens with one attached hydrogen (secondary N) is 1. The summed E-state index contributed by atoms with van der Waals surface area (Å²) in [4.78, 5) is 38.3. The predicted octanol–water partition coefficient (Wildman–Crippen LogP) is 3.49. The second-order valence-electron chi connectivity index (χ2n) is 7.97. The van der Waals surface area contributed by atoms with E-state index in [0.717, 1.165) is 61.8 Å². The van der Waals surface area contributed by atoms with E-state index < -0.39 is 23.8 Å². The van der Waals surface area contributed by atoms with Gasteiger partial charge >= 0.3 is 11.9 Å². The number of esters is 1. The number of methoxy groups -OCH3 is 1. The molecule has 4 atom stereocenters. The summed E-state index contributed by atoms with van der Waals surface area (Å²) in [6, 6.07) is 0. The van der Waals surface area contributed by atoms with Crippen LogP contribution in [0.4, 0.5) is 5.00 Å². The molecule has 0 unspecified atom stereocenters. The summed E-state index contributed by atoms with van der Waals surface area (Å²) in [5.41, 5.74) is 1.48. The van der Waals surface area contributed by atoms with Gasteiger partial charge in [-0.25, -0.2) is 4.79 Å². The topological polar surface area (TPSA) is 92.7 Å². The summed E-state index contributed by atoms with van der Waals surface area (Å²) in [5, 5.41) is 13.1. The van der Waals surface area contributed by atoms with Gasteiger partial charge in [0.2, 0.25) is 5.91 Å². The van der Waals surface area contributed by atoms with Crippen molar-refractivity contribution in [3.63, 3.8) is 0 Å². The highest BCUT2D eigenvalue weighted by Gasteiger charge is 2.54. The van der Waals surface area contributed by atoms with Gasteiger partial charge in [0.05, 0.1) is 24.5 Å². The van der Waals surface area contributed by atoms with Crippen molar-refractivity contribution in [3.05, 3.63) is 16.0 Å². The fourth-order valence-corrected chi connectivity index (χ4v) is 6.65. The molecule has 4 rings (SSSR count). The van der Waals surface area contributed by atoms with Crippen LogP contribution >= 0.6 is 11.3 Å². The van der Waals surface area contributed by atoms with Crippen LogP contribution in [0.5, 0.6) is 0 Å². The Morgan fingerprint density at radius 2 is 1.78 bits per heavy atom. The lowest BCUT2D eigenvalue weighted by molar-refractivity contribution is -0.148. The summed E-state index contributed by atoms with van der Waals surface area (Å²) in [5.74, 6) is -2.43. The average Bonchev–Trinajstić information content (AvgIpc) is 3.30. The number of amides is 1. The number of carbonyl (C=O) groups excluding carboxylic acids is 2. The molecule has 2 bridgehead atoms. The molecule has 3 aliphatic carbocycles. The minimum absolute atomic E-state index is 0.100. The highest BCUT2D eigenvalue weighted by molar-refractivity contribution is 7.17. The molecule has 0 aromatic carbocycles. The van der Waals surface area contributed by atoms with Gasteiger partial charge in [0.1, 0.15) is 5.00 Å². The van der Waals surface area contributed by atoms with Gasteiger partial charge in [0, 0.05) is 4.88 Å². The number of fused-ring (bicyclic) bond motifs is 3. The Balaban J connectivity index is 1.63. The normalized spacial score (nSPS) is 29.1. The molecule has 3 aliphatic rings. The summed E-state index contributed by atoms with van der Waals surface area (Å²) >= 11 is 1.46. The first-order valence-electron chi connectivity index (χ1n) is 9.77. The maximum Gasteiger partial charge on any atom is 0.341 e. The second-order valence-corrected chi connectivity index (χ2v) is 9.08. The first-order chi connectivity index (χ1) is 13.0. The molecule has 1 aromatic heterocycles. The van der Waals surface area contributed by atoms with Crippen LogP contribution in [-0.4, -0.2) is 30.1 Å². The number of aliphatic carboxylic acids is 1. The first kappa shape index (κ1) is 18.5. The van der Waals surface area contributed by atoms with Crippen LogP contribution in [0.2, 0.25) is 0 Å². The largest absolute Gasteiger partial charge is 0.481 e. The number of carboxylic acid groups (broad SMARTS) is 1. The van der Waals surface area contributed by atoms with Crippen molar-refractivity contribution in [2.75, 3.05) is 12.4 Å². The van der Waals surface area contributed by atoms with Crippen molar-refractivity contribution in [1.29, 1.82) is 0 Å². The van der Waals surface area contributed by atoms with E-state index in [1.807, 2.05) is 0 Å². The van der Waals surface area contributed by atoms with Crippen LogP contribution in [0.1, 0.15) is 59.3 Å². The molecule has 1 heterocycles. The molecule has 27 heavy (non-hydrogen) atoms. The number of hydrogen-bond acceptors (Lipinski definition) is 5. The van der Waals surface area contributed by atoms with Gasteiger partial charge in [-0.3, -0.25) is 9.59 Å². The van der Waals surface area contributed by atoms with E-state index in [2.05, 4.69) is 5.32 Å². The van der Waals surface area contributed by atoms with Crippen LogP contribution in [0.3, 0.4) is 0 Å². The molecule has 0 spiro atoms. The maximum absolute atomic E-state index is 13.0. The molecule has 2 fully saturated rings. The van der Waals surface area contributed by atoms with Crippen molar-refractivity contribution < 1.29 is 24.2 Å². The van der Waals surface area contributed by atoms with Crippen molar-refractivity contribution >= 4 is 34.2 Å². The highest BCUT2D eigenvalue weighted by Crippen LogP contribution is 2.53.